The van der Waals surface area contributed by atoms with E-state index in [0.717, 1.165) is 22.6 Å². The Hall–Kier alpha value is -3.29. The molecule has 0 atom stereocenters. The van der Waals surface area contributed by atoms with Gasteiger partial charge in [-0.1, -0.05) is 74.2 Å². The van der Waals surface area contributed by atoms with E-state index in [1.807, 2.05) is 54.6 Å². The molecular formula is C29H29NO4S2. The zero-order valence-electron chi connectivity index (χ0n) is 20.8. The minimum Gasteiger partial charge on any atom is -0.493 e. The Morgan fingerprint density at radius 3 is 2.36 bits per heavy atom. The first-order valence-electron chi connectivity index (χ1n) is 11.7. The Labute approximate surface area is 222 Å². The molecule has 0 unspecified atom stereocenters. The largest absolute Gasteiger partial charge is 0.493 e. The van der Waals surface area contributed by atoms with Crippen LogP contribution in [0.3, 0.4) is 0 Å². The Bertz CT molecular complexity index is 1290. The number of methoxy groups -OCH3 is 1. The van der Waals surface area contributed by atoms with Gasteiger partial charge in [0.05, 0.1) is 17.7 Å². The summed E-state index contributed by atoms with van der Waals surface area (Å²) in [7, 11) is 1.60. The smallest absolute Gasteiger partial charge is 0.270 e. The first-order chi connectivity index (χ1) is 17.4. The van der Waals surface area contributed by atoms with E-state index in [0.29, 0.717) is 39.9 Å². The van der Waals surface area contributed by atoms with E-state index in [9.17, 15) is 4.79 Å². The van der Waals surface area contributed by atoms with Crippen molar-refractivity contribution in [3.8, 4) is 17.2 Å². The van der Waals surface area contributed by atoms with Gasteiger partial charge < -0.3 is 14.2 Å². The summed E-state index contributed by atoms with van der Waals surface area (Å²) in [5, 5.41) is 0. The van der Waals surface area contributed by atoms with E-state index in [2.05, 4.69) is 39.0 Å². The normalized spacial score (nSPS) is 14.6. The van der Waals surface area contributed by atoms with Crippen LogP contribution in [0.15, 0.2) is 71.6 Å². The molecule has 0 N–H and O–H groups in total. The molecule has 1 fully saturated rings. The summed E-state index contributed by atoms with van der Waals surface area (Å²) in [5.41, 5.74) is 3.93. The third kappa shape index (κ3) is 5.91. The van der Waals surface area contributed by atoms with Crippen LogP contribution >= 0.6 is 24.0 Å². The second kappa shape index (κ2) is 11.6. The monoisotopic (exact) mass is 519 g/mol. The molecule has 5 nitrogen and oxygen atoms in total. The van der Waals surface area contributed by atoms with Crippen LogP contribution in [0, 0.1) is 6.92 Å². The molecule has 1 aliphatic rings. The van der Waals surface area contributed by atoms with Gasteiger partial charge in [0.2, 0.25) is 0 Å². The zero-order valence-corrected chi connectivity index (χ0v) is 22.4. The van der Waals surface area contributed by atoms with E-state index >= 15 is 0 Å². The molecule has 3 aromatic carbocycles. The number of hydrogen-bond donors (Lipinski definition) is 0. The molecule has 4 rings (SSSR count). The Morgan fingerprint density at radius 1 is 0.944 bits per heavy atom. The minimum atomic E-state index is -0.135. The fourth-order valence-electron chi connectivity index (χ4n) is 3.86. The molecule has 0 radical (unpaired) electrons. The number of aryl methyl sites for hydroxylation is 1. The van der Waals surface area contributed by atoms with E-state index in [1.165, 1.54) is 17.3 Å². The van der Waals surface area contributed by atoms with Crippen LogP contribution in [-0.4, -0.2) is 30.6 Å². The Kier molecular flexibility index (Phi) is 8.33. The van der Waals surface area contributed by atoms with Gasteiger partial charge in [-0.2, -0.15) is 0 Å². The number of nitrogens with zero attached hydrogens (tertiary/aromatic N) is 1. The number of benzene rings is 3. The van der Waals surface area contributed by atoms with Gasteiger partial charge in [0, 0.05) is 0 Å². The first-order valence-corrected chi connectivity index (χ1v) is 13.0. The van der Waals surface area contributed by atoms with E-state index < -0.39 is 0 Å². The van der Waals surface area contributed by atoms with Gasteiger partial charge in [-0.25, -0.2) is 0 Å². The molecular weight excluding hydrogens is 490 g/mol. The highest BCUT2D eigenvalue weighted by molar-refractivity contribution is 8.27. The molecule has 0 bridgehead atoms. The van der Waals surface area contributed by atoms with Gasteiger partial charge >= 0.3 is 0 Å². The van der Waals surface area contributed by atoms with Crippen molar-refractivity contribution in [3.63, 3.8) is 0 Å². The molecule has 0 aliphatic carbocycles. The van der Waals surface area contributed by atoms with Gasteiger partial charge in [0.1, 0.15) is 19.0 Å². The van der Waals surface area contributed by atoms with Crippen molar-refractivity contribution in [2.24, 2.45) is 0 Å². The first kappa shape index (κ1) is 25.8. The molecule has 0 aromatic heterocycles. The van der Waals surface area contributed by atoms with Gasteiger partial charge in [-0.05, 0) is 65.9 Å². The lowest BCUT2D eigenvalue weighted by molar-refractivity contribution is -0.113. The molecule has 3 aromatic rings. The van der Waals surface area contributed by atoms with Crippen molar-refractivity contribution >= 4 is 46.0 Å². The van der Waals surface area contributed by atoms with Crippen LogP contribution in [0.25, 0.3) is 6.08 Å². The highest BCUT2D eigenvalue weighted by Crippen LogP contribution is 2.37. The number of ether oxygens (including phenoxy) is 3. The second-order valence-corrected chi connectivity index (χ2v) is 10.3. The van der Waals surface area contributed by atoms with Crippen LogP contribution in [0.5, 0.6) is 17.2 Å². The van der Waals surface area contributed by atoms with E-state index in [-0.39, 0.29) is 5.91 Å². The molecule has 1 amide bonds. The molecule has 36 heavy (non-hydrogen) atoms. The maximum absolute atomic E-state index is 13.0. The SMILES string of the molecule is COc1cc(/C=C2\SC(=S)N(c3ccccc3)C2=O)ccc1OCCOc1cc(C)ccc1C(C)C. The van der Waals surface area contributed by atoms with Crippen molar-refractivity contribution in [3.05, 3.63) is 88.3 Å². The Balaban J connectivity index is 1.41. The topological polar surface area (TPSA) is 48.0 Å². The maximum atomic E-state index is 13.0. The third-order valence-electron chi connectivity index (χ3n) is 5.68. The van der Waals surface area contributed by atoms with Crippen LogP contribution in [0.1, 0.15) is 36.5 Å². The quantitative estimate of drug-likeness (QED) is 0.172. The molecule has 1 saturated heterocycles. The lowest BCUT2D eigenvalue weighted by Crippen LogP contribution is -2.27. The molecule has 0 spiro atoms. The number of anilines is 1. The molecule has 1 heterocycles. The number of carbonyl (C=O) groups excluding carboxylic acids is 1. The number of rotatable bonds is 9. The molecule has 186 valence electrons. The van der Waals surface area contributed by atoms with Crippen molar-refractivity contribution in [2.45, 2.75) is 26.7 Å². The maximum Gasteiger partial charge on any atom is 0.270 e. The van der Waals surface area contributed by atoms with Crippen molar-refractivity contribution < 1.29 is 19.0 Å². The van der Waals surface area contributed by atoms with Crippen LogP contribution in [-0.2, 0) is 4.79 Å². The van der Waals surface area contributed by atoms with Crippen LogP contribution in [0.4, 0.5) is 5.69 Å². The lowest BCUT2D eigenvalue weighted by atomic mass is 10.0. The van der Waals surface area contributed by atoms with Gasteiger partial charge in [-0.15, -0.1) is 0 Å². The number of thiocarbonyl (C=S) groups is 1. The van der Waals surface area contributed by atoms with Crippen molar-refractivity contribution in [1.82, 2.24) is 0 Å². The number of thioether (sulfide) groups is 1. The van der Waals surface area contributed by atoms with Gasteiger partial charge in [0.25, 0.3) is 5.91 Å². The van der Waals surface area contributed by atoms with Gasteiger partial charge in [-0.3, -0.25) is 9.69 Å². The predicted octanol–water partition coefficient (Wildman–Crippen LogP) is 6.99. The van der Waals surface area contributed by atoms with Crippen LogP contribution in [0.2, 0.25) is 0 Å². The number of amides is 1. The lowest BCUT2D eigenvalue weighted by Gasteiger charge is -2.16. The average Bonchev–Trinajstić information content (AvgIpc) is 3.15. The number of para-hydroxylation sites is 1. The third-order valence-corrected chi connectivity index (χ3v) is 6.99. The van der Waals surface area contributed by atoms with E-state index in [4.69, 9.17) is 26.4 Å². The summed E-state index contributed by atoms with van der Waals surface area (Å²) in [6, 6.07) is 21.3. The van der Waals surface area contributed by atoms with Crippen molar-refractivity contribution in [1.29, 1.82) is 0 Å². The summed E-state index contributed by atoms with van der Waals surface area (Å²) in [4.78, 5) is 15.1. The number of hydrogen-bond acceptors (Lipinski definition) is 6. The number of carbonyl (C=O) groups is 1. The average molecular weight is 520 g/mol. The summed E-state index contributed by atoms with van der Waals surface area (Å²) >= 11 is 6.74. The summed E-state index contributed by atoms with van der Waals surface area (Å²) in [5.74, 6) is 2.33. The zero-order chi connectivity index (χ0) is 25.7. The molecule has 7 heteroatoms. The Morgan fingerprint density at radius 2 is 1.67 bits per heavy atom. The fourth-order valence-corrected chi connectivity index (χ4v) is 5.16. The summed E-state index contributed by atoms with van der Waals surface area (Å²) < 4.78 is 18.0. The van der Waals surface area contributed by atoms with Crippen molar-refractivity contribution in [2.75, 3.05) is 25.2 Å². The second-order valence-electron chi connectivity index (χ2n) is 8.66. The molecule has 1 aliphatic heterocycles. The van der Waals surface area contributed by atoms with Crippen LogP contribution < -0.4 is 19.1 Å². The van der Waals surface area contributed by atoms with Gasteiger partial charge in [0.15, 0.2) is 15.8 Å². The highest BCUT2D eigenvalue weighted by Gasteiger charge is 2.33. The molecule has 0 saturated carbocycles. The summed E-state index contributed by atoms with van der Waals surface area (Å²) in [6.45, 7) is 7.15. The summed E-state index contributed by atoms with van der Waals surface area (Å²) in [6.07, 6.45) is 1.82. The highest BCUT2D eigenvalue weighted by atomic mass is 32.2. The minimum absolute atomic E-state index is 0.135. The standard InChI is InChI=1S/C29H29NO4S2/c1-19(2)23-12-10-20(3)16-25(23)34-15-14-33-24-13-11-21(17-26(24)32-4)18-27-28(31)30(29(35)36-27)22-8-6-5-7-9-22/h5-13,16-19H,14-15H2,1-4H3/b27-18-. The van der Waals surface area contributed by atoms with E-state index in [1.54, 1.807) is 12.0 Å². The predicted molar refractivity (Wildman–Crippen MR) is 151 cm³/mol. The fraction of sp³-hybridized carbons (Fsp3) is 0.241.